The van der Waals surface area contributed by atoms with Crippen LogP contribution in [0.15, 0.2) is 48.5 Å². The summed E-state index contributed by atoms with van der Waals surface area (Å²) in [5.41, 5.74) is 8.70. The van der Waals surface area contributed by atoms with Gasteiger partial charge < -0.3 is 10.9 Å². The molecule has 2 N–H and O–H groups in total. The van der Waals surface area contributed by atoms with Gasteiger partial charge in [-0.25, -0.2) is 0 Å². The Morgan fingerprint density at radius 2 is 1.14 bits per heavy atom. The number of hydrogen-bond acceptors (Lipinski definition) is 2. The predicted octanol–water partition coefficient (Wildman–Crippen LogP) is 6.78. The van der Waals surface area contributed by atoms with E-state index < -0.39 is 7.59 Å². The van der Waals surface area contributed by atoms with E-state index >= 15 is 0 Å². The number of benzene rings is 2. The standard InChI is InChI=1S/C14H10Cl6N2/c15-13(16,17)9-4-6-11(7-5-9)21-22-12-3-1-2-10(8-12)14(18,19)20/h1-8,21-22H. The first-order chi connectivity index (χ1) is 10.2. The lowest BCUT2D eigenvalue weighted by molar-refractivity contribution is 1.23. The fourth-order valence-corrected chi connectivity index (χ4v) is 2.39. The van der Waals surface area contributed by atoms with E-state index in [1.165, 1.54) is 0 Å². The lowest BCUT2D eigenvalue weighted by atomic mass is 10.2. The van der Waals surface area contributed by atoms with Crippen molar-refractivity contribution in [1.82, 2.24) is 0 Å². The molecule has 2 rings (SSSR count). The zero-order valence-corrected chi connectivity index (χ0v) is 15.4. The minimum Gasteiger partial charge on any atom is -0.301 e. The number of anilines is 2. The third kappa shape index (κ3) is 5.16. The normalized spacial score (nSPS) is 12.1. The van der Waals surface area contributed by atoms with E-state index in [2.05, 4.69) is 10.9 Å². The van der Waals surface area contributed by atoms with Crippen LogP contribution >= 0.6 is 69.6 Å². The topological polar surface area (TPSA) is 24.1 Å². The molecule has 0 aromatic heterocycles. The Hall–Kier alpha value is -0.220. The van der Waals surface area contributed by atoms with Gasteiger partial charge in [0.05, 0.1) is 11.4 Å². The second kappa shape index (κ2) is 7.12. The highest BCUT2D eigenvalue weighted by molar-refractivity contribution is 6.67. The third-order valence-corrected chi connectivity index (χ3v) is 4.06. The van der Waals surface area contributed by atoms with Gasteiger partial charge in [0, 0.05) is 11.1 Å². The molecule has 0 heterocycles. The molecule has 0 radical (unpaired) electrons. The Kier molecular flexibility index (Phi) is 5.87. The molecule has 0 bridgehead atoms. The Balaban J connectivity index is 2.04. The maximum Gasteiger partial charge on any atom is 0.216 e. The summed E-state index contributed by atoms with van der Waals surface area (Å²) >= 11 is 35.0. The summed E-state index contributed by atoms with van der Waals surface area (Å²) in [7, 11) is 0. The molecule has 0 unspecified atom stereocenters. The van der Waals surface area contributed by atoms with Crippen molar-refractivity contribution < 1.29 is 0 Å². The zero-order chi connectivity index (χ0) is 16.4. The van der Waals surface area contributed by atoms with Gasteiger partial charge in [-0.3, -0.25) is 0 Å². The van der Waals surface area contributed by atoms with Gasteiger partial charge in [0.15, 0.2) is 0 Å². The van der Waals surface area contributed by atoms with E-state index in [4.69, 9.17) is 69.6 Å². The molecule has 0 aliphatic heterocycles. The van der Waals surface area contributed by atoms with Crippen molar-refractivity contribution in [2.24, 2.45) is 0 Å². The largest absolute Gasteiger partial charge is 0.301 e. The number of hydrazine groups is 1. The monoisotopic (exact) mass is 416 g/mol. The first-order valence-corrected chi connectivity index (χ1v) is 8.29. The molecule has 0 saturated heterocycles. The average molecular weight is 419 g/mol. The fraction of sp³-hybridized carbons (Fsp3) is 0.143. The Morgan fingerprint density at radius 3 is 1.68 bits per heavy atom. The van der Waals surface area contributed by atoms with Gasteiger partial charge in [-0.2, -0.15) is 0 Å². The van der Waals surface area contributed by atoms with Crippen LogP contribution in [0.5, 0.6) is 0 Å². The number of hydrogen-bond donors (Lipinski definition) is 2. The second-order valence-corrected chi connectivity index (χ2v) is 8.97. The van der Waals surface area contributed by atoms with Crippen molar-refractivity contribution in [3.05, 3.63) is 59.7 Å². The lowest BCUT2D eigenvalue weighted by Gasteiger charge is -2.15. The SMILES string of the molecule is ClC(Cl)(Cl)c1ccc(NNc2cccc(C(Cl)(Cl)Cl)c2)cc1. The first-order valence-electron chi connectivity index (χ1n) is 6.03. The highest BCUT2D eigenvalue weighted by Gasteiger charge is 2.23. The van der Waals surface area contributed by atoms with Crippen molar-refractivity contribution in [2.45, 2.75) is 7.59 Å². The van der Waals surface area contributed by atoms with Gasteiger partial charge in [-0.15, -0.1) is 0 Å². The third-order valence-electron chi connectivity index (χ3n) is 2.75. The number of rotatable bonds is 3. The maximum atomic E-state index is 5.85. The average Bonchev–Trinajstić information content (AvgIpc) is 2.44. The smallest absolute Gasteiger partial charge is 0.216 e. The summed E-state index contributed by atoms with van der Waals surface area (Å²) in [5.74, 6) is 0. The maximum absolute atomic E-state index is 5.85. The van der Waals surface area contributed by atoms with Crippen molar-refractivity contribution in [1.29, 1.82) is 0 Å². The molecule has 0 aliphatic rings. The summed E-state index contributed by atoms with van der Waals surface area (Å²) in [6.07, 6.45) is 0. The summed E-state index contributed by atoms with van der Waals surface area (Å²) in [6.45, 7) is 0. The van der Waals surface area contributed by atoms with Crippen LogP contribution < -0.4 is 10.9 Å². The van der Waals surface area contributed by atoms with Crippen LogP contribution in [-0.2, 0) is 7.59 Å². The van der Waals surface area contributed by atoms with E-state index in [9.17, 15) is 0 Å². The highest BCUT2D eigenvalue weighted by Crippen LogP contribution is 2.39. The lowest BCUT2D eigenvalue weighted by Crippen LogP contribution is -2.10. The van der Waals surface area contributed by atoms with Crippen LogP contribution in [0.1, 0.15) is 11.1 Å². The second-order valence-electron chi connectivity index (χ2n) is 4.40. The number of nitrogens with one attached hydrogen (secondary N) is 2. The summed E-state index contributed by atoms with van der Waals surface area (Å²) < 4.78 is -2.91. The van der Waals surface area contributed by atoms with Crippen molar-refractivity contribution in [3.63, 3.8) is 0 Å². The minimum atomic E-state index is -1.47. The number of halogens is 6. The minimum absolute atomic E-state index is 0.566. The van der Waals surface area contributed by atoms with Gasteiger partial charge in [-0.1, -0.05) is 93.9 Å². The quantitative estimate of drug-likeness (QED) is 0.424. The van der Waals surface area contributed by atoms with Gasteiger partial charge >= 0.3 is 0 Å². The molecular weight excluding hydrogens is 409 g/mol. The predicted molar refractivity (Wildman–Crippen MR) is 98.6 cm³/mol. The van der Waals surface area contributed by atoms with Crippen LogP contribution in [0, 0.1) is 0 Å². The van der Waals surface area contributed by atoms with E-state index in [-0.39, 0.29) is 0 Å². The van der Waals surface area contributed by atoms with Gasteiger partial charge in [0.25, 0.3) is 0 Å². The van der Waals surface area contributed by atoms with E-state index in [1.54, 1.807) is 42.5 Å². The molecule has 0 spiro atoms. The Bertz CT molecular complexity index is 631. The highest BCUT2D eigenvalue weighted by atomic mass is 35.6. The van der Waals surface area contributed by atoms with Crippen molar-refractivity contribution in [3.8, 4) is 0 Å². The molecule has 22 heavy (non-hydrogen) atoms. The fourth-order valence-electron chi connectivity index (χ4n) is 1.66. The van der Waals surface area contributed by atoms with Crippen LogP contribution in [0.2, 0.25) is 0 Å². The molecular formula is C14H10Cl6N2. The molecule has 0 amide bonds. The molecule has 2 aromatic carbocycles. The van der Waals surface area contributed by atoms with E-state index in [1.807, 2.05) is 6.07 Å². The molecule has 0 atom stereocenters. The van der Waals surface area contributed by atoms with Crippen LogP contribution in [0.4, 0.5) is 11.4 Å². The molecule has 2 aromatic rings. The van der Waals surface area contributed by atoms with E-state index in [0.29, 0.717) is 11.1 Å². The summed E-state index contributed by atoms with van der Waals surface area (Å²) in [4.78, 5) is 0. The van der Waals surface area contributed by atoms with Crippen molar-refractivity contribution >= 4 is 81.0 Å². The molecule has 0 saturated carbocycles. The summed E-state index contributed by atoms with van der Waals surface area (Å²) in [6, 6.07) is 14.1. The van der Waals surface area contributed by atoms with Crippen LogP contribution in [0.3, 0.4) is 0 Å². The van der Waals surface area contributed by atoms with Gasteiger partial charge in [-0.05, 0) is 24.3 Å². The van der Waals surface area contributed by atoms with Gasteiger partial charge in [0.2, 0.25) is 7.59 Å². The molecule has 118 valence electrons. The molecule has 0 aliphatic carbocycles. The van der Waals surface area contributed by atoms with Crippen LogP contribution in [-0.4, -0.2) is 0 Å². The van der Waals surface area contributed by atoms with Crippen LogP contribution in [0.25, 0.3) is 0 Å². The molecule has 2 nitrogen and oxygen atoms in total. The Morgan fingerprint density at radius 1 is 0.591 bits per heavy atom. The summed E-state index contributed by atoms with van der Waals surface area (Å²) in [5, 5.41) is 0. The number of alkyl halides is 6. The van der Waals surface area contributed by atoms with E-state index in [0.717, 1.165) is 11.4 Å². The molecule has 0 fully saturated rings. The molecule has 8 heteroatoms. The van der Waals surface area contributed by atoms with Crippen molar-refractivity contribution in [2.75, 3.05) is 10.9 Å². The zero-order valence-electron chi connectivity index (χ0n) is 10.9. The first kappa shape index (κ1) is 18.1. The Labute approximate surface area is 158 Å². The van der Waals surface area contributed by atoms with Gasteiger partial charge in [0.1, 0.15) is 0 Å².